The Bertz CT molecular complexity index is 542. The lowest BCUT2D eigenvalue weighted by Crippen LogP contribution is -2.58. The second-order valence-electron chi connectivity index (χ2n) is 7.32. The van der Waals surface area contributed by atoms with Crippen LogP contribution in [-0.2, 0) is 14.3 Å². The summed E-state index contributed by atoms with van der Waals surface area (Å²) in [5.74, 6) is 0.199. The van der Waals surface area contributed by atoms with Crippen LogP contribution in [0.4, 0.5) is 0 Å². The molecule has 3 fully saturated rings. The van der Waals surface area contributed by atoms with Gasteiger partial charge in [0.2, 0.25) is 11.8 Å². The van der Waals surface area contributed by atoms with E-state index in [1.807, 2.05) is 0 Å². The van der Waals surface area contributed by atoms with Crippen molar-refractivity contribution in [3.05, 3.63) is 0 Å². The first-order chi connectivity index (χ1) is 12.6. The van der Waals surface area contributed by atoms with Crippen molar-refractivity contribution in [2.45, 2.75) is 56.3 Å². The summed E-state index contributed by atoms with van der Waals surface area (Å²) in [6.07, 6.45) is 4.20. The summed E-state index contributed by atoms with van der Waals surface area (Å²) in [6.45, 7) is 2.62. The molecule has 3 rings (SSSR count). The van der Waals surface area contributed by atoms with Crippen molar-refractivity contribution >= 4 is 29.1 Å². The quantitative estimate of drug-likeness (QED) is 0.319. The van der Waals surface area contributed by atoms with Gasteiger partial charge >= 0.3 is 0 Å². The summed E-state index contributed by atoms with van der Waals surface area (Å²) in [5.41, 5.74) is 0. The third kappa shape index (κ3) is 5.28. The molecule has 146 valence electrons. The Morgan fingerprint density at radius 1 is 1.35 bits per heavy atom. The van der Waals surface area contributed by atoms with Crippen LogP contribution in [0.2, 0.25) is 0 Å². The van der Waals surface area contributed by atoms with E-state index >= 15 is 0 Å². The number of carbonyl (C=O) groups excluding carboxylic acids is 2. The first-order valence-corrected chi connectivity index (χ1v) is 9.83. The average Bonchev–Trinajstić information content (AvgIpc) is 3.31. The molecule has 2 saturated heterocycles. The Balaban J connectivity index is 1.47. The molecular weight excluding hydrogens is 354 g/mol. The topological polar surface area (TPSA) is 94.7 Å². The van der Waals surface area contributed by atoms with Gasteiger partial charge in [-0.05, 0) is 37.9 Å². The molecule has 0 spiro atoms. The number of carbonyl (C=O) groups is 2. The monoisotopic (exact) mass is 383 g/mol. The molecule has 0 aromatic rings. The Morgan fingerprint density at radius 3 is 2.88 bits per heavy atom. The van der Waals surface area contributed by atoms with Crippen LogP contribution in [0, 0.1) is 0 Å². The molecule has 9 heteroatoms. The first kappa shape index (κ1) is 19.3. The summed E-state index contributed by atoms with van der Waals surface area (Å²) in [5, 5.41) is 13.0. The van der Waals surface area contributed by atoms with E-state index < -0.39 is 0 Å². The highest BCUT2D eigenvalue weighted by Gasteiger charge is 2.43. The standard InChI is InChI=1S/C17H29N5O3S/c1-25-7-6-18-17(26)21-12-8-14-16(24)19-9-13(22(14)10-12)4-5-15(23)20-11-2-3-11/h11-14H,2-10H2,1H3,(H,19,24)(H,20,23)(H2,18,21,26). The molecule has 4 N–H and O–H groups in total. The van der Waals surface area contributed by atoms with E-state index in [-0.39, 0.29) is 29.9 Å². The van der Waals surface area contributed by atoms with Crippen LogP contribution in [0.15, 0.2) is 0 Å². The highest BCUT2D eigenvalue weighted by molar-refractivity contribution is 7.80. The van der Waals surface area contributed by atoms with Gasteiger partial charge in [0.05, 0.1) is 12.6 Å². The number of thiocarbonyl (C=S) groups is 1. The second kappa shape index (κ2) is 8.96. The maximum Gasteiger partial charge on any atom is 0.237 e. The molecule has 0 aromatic heterocycles. The lowest BCUT2D eigenvalue weighted by Gasteiger charge is -2.37. The van der Waals surface area contributed by atoms with Crippen LogP contribution in [0.3, 0.4) is 0 Å². The molecule has 0 aromatic carbocycles. The molecule has 2 amide bonds. The lowest BCUT2D eigenvalue weighted by atomic mass is 10.0. The number of amides is 2. The van der Waals surface area contributed by atoms with Crippen molar-refractivity contribution in [3.8, 4) is 0 Å². The normalized spacial score (nSPS) is 28.2. The van der Waals surface area contributed by atoms with Gasteiger partial charge in [-0.15, -0.1) is 0 Å². The van der Waals surface area contributed by atoms with Crippen LogP contribution < -0.4 is 21.3 Å². The molecule has 2 heterocycles. The van der Waals surface area contributed by atoms with Gasteiger partial charge in [-0.3, -0.25) is 14.5 Å². The Labute approximate surface area is 159 Å². The van der Waals surface area contributed by atoms with E-state index in [4.69, 9.17) is 17.0 Å². The Morgan fingerprint density at radius 2 is 2.15 bits per heavy atom. The van der Waals surface area contributed by atoms with E-state index in [0.29, 0.717) is 37.3 Å². The Kier molecular flexibility index (Phi) is 6.66. The highest BCUT2D eigenvalue weighted by Crippen LogP contribution is 2.26. The fourth-order valence-corrected chi connectivity index (χ4v) is 3.95. The number of nitrogens with zero attached hydrogens (tertiary/aromatic N) is 1. The van der Waals surface area contributed by atoms with Crippen LogP contribution in [0.5, 0.6) is 0 Å². The maximum absolute atomic E-state index is 12.2. The third-order valence-electron chi connectivity index (χ3n) is 5.20. The minimum Gasteiger partial charge on any atom is -0.383 e. The van der Waals surface area contributed by atoms with Gasteiger partial charge in [0.15, 0.2) is 5.11 Å². The van der Waals surface area contributed by atoms with Crippen molar-refractivity contribution < 1.29 is 14.3 Å². The predicted octanol–water partition coefficient (Wildman–Crippen LogP) is -0.903. The van der Waals surface area contributed by atoms with Crippen LogP contribution in [0.1, 0.15) is 32.1 Å². The molecular formula is C17H29N5O3S. The van der Waals surface area contributed by atoms with Crippen molar-refractivity contribution in [1.82, 2.24) is 26.2 Å². The number of rotatable bonds is 8. The van der Waals surface area contributed by atoms with Crippen molar-refractivity contribution in [2.24, 2.45) is 0 Å². The zero-order chi connectivity index (χ0) is 18.5. The number of fused-ring (bicyclic) bond motifs is 1. The van der Waals surface area contributed by atoms with Crippen molar-refractivity contribution in [3.63, 3.8) is 0 Å². The smallest absolute Gasteiger partial charge is 0.237 e. The second-order valence-corrected chi connectivity index (χ2v) is 7.73. The molecule has 8 nitrogen and oxygen atoms in total. The number of nitrogens with one attached hydrogen (secondary N) is 4. The number of methoxy groups -OCH3 is 1. The van der Waals surface area contributed by atoms with Gasteiger partial charge in [-0.25, -0.2) is 0 Å². The van der Waals surface area contributed by atoms with Gasteiger partial charge in [0, 0.05) is 51.3 Å². The molecule has 0 radical (unpaired) electrons. The molecule has 3 atom stereocenters. The van der Waals surface area contributed by atoms with E-state index in [0.717, 1.165) is 32.2 Å². The molecule has 3 unspecified atom stereocenters. The van der Waals surface area contributed by atoms with Crippen LogP contribution in [-0.4, -0.2) is 79.3 Å². The molecule has 1 saturated carbocycles. The first-order valence-electron chi connectivity index (χ1n) is 9.43. The summed E-state index contributed by atoms with van der Waals surface area (Å²) in [4.78, 5) is 26.4. The Hall–Kier alpha value is -1.45. The van der Waals surface area contributed by atoms with Crippen molar-refractivity contribution in [1.29, 1.82) is 0 Å². The zero-order valence-corrected chi connectivity index (χ0v) is 16.1. The molecule has 26 heavy (non-hydrogen) atoms. The SMILES string of the molecule is COCCNC(=S)NC1CC2C(=O)NCC(CCC(=O)NC3CC3)N2C1. The fraction of sp³-hybridized carbons (Fsp3) is 0.824. The number of hydrogen-bond acceptors (Lipinski definition) is 5. The number of ether oxygens (including phenoxy) is 1. The molecule has 2 aliphatic heterocycles. The predicted molar refractivity (Wildman–Crippen MR) is 102 cm³/mol. The summed E-state index contributed by atoms with van der Waals surface area (Å²) < 4.78 is 5.00. The third-order valence-corrected chi connectivity index (χ3v) is 5.46. The van der Waals surface area contributed by atoms with Gasteiger partial charge < -0.3 is 26.0 Å². The van der Waals surface area contributed by atoms with Crippen molar-refractivity contribution in [2.75, 3.05) is 33.4 Å². The van der Waals surface area contributed by atoms with Gasteiger partial charge in [-0.2, -0.15) is 0 Å². The zero-order valence-electron chi connectivity index (χ0n) is 15.3. The summed E-state index contributed by atoms with van der Waals surface area (Å²) in [7, 11) is 1.65. The van der Waals surface area contributed by atoms with E-state index in [1.165, 1.54) is 0 Å². The number of hydrogen-bond donors (Lipinski definition) is 4. The van der Waals surface area contributed by atoms with E-state index in [9.17, 15) is 9.59 Å². The van der Waals surface area contributed by atoms with Gasteiger partial charge in [0.1, 0.15) is 0 Å². The average molecular weight is 384 g/mol. The van der Waals surface area contributed by atoms with Crippen LogP contribution >= 0.6 is 12.2 Å². The minimum atomic E-state index is -0.139. The number of piperazine rings is 1. The molecule has 0 bridgehead atoms. The summed E-state index contributed by atoms with van der Waals surface area (Å²) >= 11 is 5.31. The van der Waals surface area contributed by atoms with E-state index in [1.54, 1.807) is 7.11 Å². The lowest BCUT2D eigenvalue weighted by molar-refractivity contribution is -0.129. The fourth-order valence-electron chi connectivity index (χ4n) is 3.68. The summed E-state index contributed by atoms with van der Waals surface area (Å²) in [6, 6.07) is 0.589. The van der Waals surface area contributed by atoms with E-state index in [2.05, 4.69) is 26.2 Å². The highest BCUT2D eigenvalue weighted by atomic mass is 32.1. The van der Waals surface area contributed by atoms with Gasteiger partial charge in [0.25, 0.3) is 0 Å². The van der Waals surface area contributed by atoms with Gasteiger partial charge in [-0.1, -0.05) is 0 Å². The molecule has 1 aliphatic carbocycles. The van der Waals surface area contributed by atoms with Crippen LogP contribution in [0.25, 0.3) is 0 Å². The largest absolute Gasteiger partial charge is 0.383 e. The molecule has 3 aliphatic rings. The minimum absolute atomic E-state index is 0.0752. The maximum atomic E-state index is 12.2.